The van der Waals surface area contributed by atoms with Crippen molar-refractivity contribution >= 4 is 21.8 Å². The normalized spacial score (nSPS) is 31.5. The van der Waals surface area contributed by atoms with E-state index in [0.717, 1.165) is 12.5 Å². The first-order valence-electron chi connectivity index (χ1n) is 6.00. The lowest BCUT2D eigenvalue weighted by Gasteiger charge is -2.34. The first kappa shape index (κ1) is 11.4. The van der Waals surface area contributed by atoms with E-state index >= 15 is 0 Å². The number of carbonyl (C=O) groups excluding carboxylic acids is 1. The summed E-state index contributed by atoms with van der Waals surface area (Å²) in [6, 6.07) is 0.545. The standard InChI is InChI=1S/C12H20BrNO/c1-12(2,13)11(15)14-8-7-9-5-3-4-6-10(9)14/h9-10H,3-8H2,1-2H3. The molecule has 3 heteroatoms. The molecule has 2 fully saturated rings. The van der Waals surface area contributed by atoms with E-state index < -0.39 is 0 Å². The van der Waals surface area contributed by atoms with Gasteiger partial charge < -0.3 is 4.90 Å². The molecule has 1 amide bonds. The van der Waals surface area contributed by atoms with Gasteiger partial charge >= 0.3 is 0 Å². The average molecular weight is 274 g/mol. The monoisotopic (exact) mass is 273 g/mol. The van der Waals surface area contributed by atoms with Gasteiger partial charge in [-0.1, -0.05) is 28.8 Å². The van der Waals surface area contributed by atoms with Crippen LogP contribution in [0.4, 0.5) is 0 Å². The zero-order chi connectivity index (χ0) is 11.1. The topological polar surface area (TPSA) is 20.3 Å². The van der Waals surface area contributed by atoms with E-state index in [1.807, 2.05) is 13.8 Å². The SMILES string of the molecule is CC(C)(Br)C(=O)N1CCC2CCCCC21. The Hall–Kier alpha value is -0.0500. The molecule has 0 N–H and O–H groups in total. The lowest BCUT2D eigenvalue weighted by Crippen LogP contribution is -2.46. The smallest absolute Gasteiger partial charge is 0.239 e. The van der Waals surface area contributed by atoms with Gasteiger partial charge in [-0.15, -0.1) is 0 Å². The summed E-state index contributed by atoms with van der Waals surface area (Å²) in [5.41, 5.74) is 0. The van der Waals surface area contributed by atoms with Crippen molar-refractivity contribution < 1.29 is 4.79 Å². The van der Waals surface area contributed by atoms with E-state index in [0.29, 0.717) is 6.04 Å². The first-order valence-corrected chi connectivity index (χ1v) is 6.79. The van der Waals surface area contributed by atoms with Crippen LogP contribution in [0.5, 0.6) is 0 Å². The molecule has 2 nitrogen and oxygen atoms in total. The molecule has 15 heavy (non-hydrogen) atoms. The highest BCUT2D eigenvalue weighted by Crippen LogP contribution is 2.38. The molecule has 2 aliphatic rings. The molecular weight excluding hydrogens is 254 g/mol. The van der Waals surface area contributed by atoms with Gasteiger partial charge in [0, 0.05) is 12.6 Å². The van der Waals surface area contributed by atoms with E-state index in [-0.39, 0.29) is 10.2 Å². The molecule has 2 rings (SSSR count). The molecule has 0 spiro atoms. The van der Waals surface area contributed by atoms with Gasteiger partial charge in [0.05, 0.1) is 4.32 Å². The molecule has 0 radical (unpaired) electrons. The van der Waals surface area contributed by atoms with Gasteiger partial charge in [0.1, 0.15) is 0 Å². The van der Waals surface area contributed by atoms with Crippen LogP contribution < -0.4 is 0 Å². The van der Waals surface area contributed by atoms with Gasteiger partial charge in [0.25, 0.3) is 0 Å². The van der Waals surface area contributed by atoms with Gasteiger partial charge in [0.2, 0.25) is 5.91 Å². The van der Waals surface area contributed by atoms with Gasteiger partial charge in [-0.25, -0.2) is 0 Å². The molecule has 0 aromatic carbocycles. The fraction of sp³-hybridized carbons (Fsp3) is 0.917. The summed E-state index contributed by atoms with van der Waals surface area (Å²) in [6.07, 6.45) is 6.44. The number of hydrogen-bond donors (Lipinski definition) is 0. The van der Waals surface area contributed by atoms with Crippen molar-refractivity contribution in [2.24, 2.45) is 5.92 Å². The Balaban J connectivity index is 2.08. The van der Waals surface area contributed by atoms with Crippen LogP contribution in [0, 0.1) is 5.92 Å². The Labute approximate surface area is 101 Å². The van der Waals surface area contributed by atoms with Crippen molar-refractivity contribution in [1.29, 1.82) is 0 Å². The molecule has 2 unspecified atom stereocenters. The maximum absolute atomic E-state index is 12.2. The van der Waals surface area contributed by atoms with Crippen molar-refractivity contribution in [2.45, 2.75) is 56.3 Å². The van der Waals surface area contributed by atoms with E-state index in [2.05, 4.69) is 20.8 Å². The van der Waals surface area contributed by atoms with Crippen molar-refractivity contribution in [1.82, 2.24) is 4.90 Å². The van der Waals surface area contributed by atoms with E-state index in [4.69, 9.17) is 0 Å². The number of hydrogen-bond acceptors (Lipinski definition) is 1. The highest BCUT2D eigenvalue weighted by Gasteiger charge is 2.41. The minimum Gasteiger partial charge on any atom is -0.338 e. The second-order valence-corrected chi connectivity index (χ2v) is 7.35. The Bertz CT molecular complexity index is 259. The highest BCUT2D eigenvalue weighted by molar-refractivity contribution is 9.10. The summed E-state index contributed by atoms with van der Waals surface area (Å²) < 4.78 is -0.390. The summed E-state index contributed by atoms with van der Waals surface area (Å²) >= 11 is 3.48. The lowest BCUT2D eigenvalue weighted by molar-refractivity contribution is -0.134. The minimum atomic E-state index is -0.390. The van der Waals surface area contributed by atoms with Crippen molar-refractivity contribution in [3.63, 3.8) is 0 Å². The second-order valence-electron chi connectivity index (χ2n) is 5.37. The number of amides is 1. The molecule has 1 saturated carbocycles. The summed E-state index contributed by atoms with van der Waals surface area (Å²) in [4.78, 5) is 14.3. The Morgan fingerprint density at radius 3 is 2.60 bits per heavy atom. The van der Waals surface area contributed by atoms with Crippen molar-refractivity contribution in [3.8, 4) is 0 Å². The van der Waals surface area contributed by atoms with E-state index in [1.165, 1.54) is 32.1 Å². The maximum Gasteiger partial charge on any atom is 0.239 e. The van der Waals surface area contributed by atoms with Crippen LogP contribution in [-0.4, -0.2) is 27.7 Å². The fourth-order valence-corrected chi connectivity index (χ4v) is 3.23. The van der Waals surface area contributed by atoms with Crippen LogP contribution in [-0.2, 0) is 4.79 Å². The molecule has 2 atom stereocenters. The average Bonchev–Trinajstić information content (AvgIpc) is 2.58. The molecule has 86 valence electrons. The Kier molecular flexibility index (Phi) is 3.11. The molecule has 0 aromatic rings. The number of alkyl halides is 1. The third-order valence-electron chi connectivity index (χ3n) is 3.78. The molecule has 1 saturated heterocycles. The van der Waals surface area contributed by atoms with Crippen LogP contribution >= 0.6 is 15.9 Å². The van der Waals surface area contributed by atoms with Crippen LogP contribution in [0.2, 0.25) is 0 Å². The number of fused-ring (bicyclic) bond motifs is 1. The summed E-state index contributed by atoms with van der Waals surface area (Å²) in [6.45, 7) is 4.88. The number of halogens is 1. The van der Waals surface area contributed by atoms with Gasteiger partial charge in [-0.3, -0.25) is 4.79 Å². The molecular formula is C12H20BrNO. The van der Waals surface area contributed by atoms with E-state index in [9.17, 15) is 4.79 Å². The highest BCUT2D eigenvalue weighted by atomic mass is 79.9. The number of likely N-dealkylation sites (tertiary alicyclic amines) is 1. The van der Waals surface area contributed by atoms with E-state index in [1.54, 1.807) is 0 Å². The summed E-state index contributed by atoms with van der Waals surface area (Å²) in [7, 11) is 0. The van der Waals surface area contributed by atoms with Gasteiger partial charge in [0.15, 0.2) is 0 Å². The van der Waals surface area contributed by atoms with Crippen LogP contribution in [0.1, 0.15) is 46.0 Å². The Morgan fingerprint density at radius 2 is 1.93 bits per heavy atom. The minimum absolute atomic E-state index is 0.275. The maximum atomic E-state index is 12.2. The molecule has 1 aliphatic carbocycles. The summed E-state index contributed by atoms with van der Waals surface area (Å²) in [5, 5.41) is 0. The zero-order valence-electron chi connectivity index (χ0n) is 9.63. The first-order chi connectivity index (χ1) is 7.00. The van der Waals surface area contributed by atoms with Crippen LogP contribution in [0.3, 0.4) is 0 Å². The Morgan fingerprint density at radius 1 is 1.27 bits per heavy atom. The molecule has 0 aromatic heterocycles. The van der Waals surface area contributed by atoms with Gasteiger partial charge in [-0.05, 0) is 39.0 Å². The van der Waals surface area contributed by atoms with Gasteiger partial charge in [-0.2, -0.15) is 0 Å². The number of rotatable bonds is 1. The second kappa shape index (κ2) is 4.08. The zero-order valence-corrected chi connectivity index (χ0v) is 11.2. The summed E-state index contributed by atoms with van der Waals surface area (Å²) in [5.74, 6) is 1.06. The quantitative estimate of drug-likeness (QED) is 0.673. The number of carbonyl (C=O) groups is 1. The lowest BCUT2D eigenvalue weighted by atomic mass is 9.85. The fourth-order valence-electron chi connectivity index (χ4n) is 3.00. The predicted molar refractivity (Wildman–Crippen MR) is 65.1 cm³/mol. The van der Waals surface area contributed by atoms with Crippen molar-refractivity contribution in [3.05, 3.63) is 0 Å². The predicted octanol–water partition coefficient (Wildman–Crippen LogP) is 2.95. The third kappa shape index (κ3) is 2.22. The molecule has 1 heterocycles. The molecule has 0 bridgehead atoms. The molecule has 1 aliphatic heterocycles. The van der Waals surface area contributed by atoms with Crippen LogP contribution in [0.15, 0.2) is 0 Å². The largest absolute Gasteiger partial charge is 0.338 e. The third-order valence-corrected chi connectivity index (χ3v) is 4.12. The van der Waals surface area contributed by atoms with Crippen molar-refractivity contribution in [2.75, 3.05) is 6.54 Å². The van der Waals surface area contributed by atoms with Crippen LogP contribution in [0.25, 0.3) is 0 Å². The number of nitrogens with zero attached hydrogens (tertiary/aromatic N) is 1.